The lowest BCUT2D eigenvalue weighted by molar-refractivity contribution is 0.591. The number of hydrogen-bond acceptors (Lipinski definition) is 4. The van der Waals surface area contributed by atoms with Crippen LogP contribution in [0.4, 0.5) is 0 Å². The average Bonchev–Trinajstić information content (AvgIpc) is 2.69. The van der Waals surface area contributed by atoms with Crippen LogP contribution < -0.4 is 5.73 Å². The van der Waals surface area contributed by atoms with Gasteiger partial charge in [-0.25, -0.2) is 0 Å². The fourth-order valence-electron chi connectivity index (χ4n) is 2.60. The summed E-state index contributed by atoms with van der Waals surface area (Å²) in [7, 11) is 0. The highest BCUT2D eigenvalue weighted by Gasteiger charge is 2.17. The minimum atomic E-state index is -0.00322. The number of nitrogens with zero attached hydrogens (tertiary/aromatic N) is 3. The summed E-state index contributed by atoms with van der Waals surface area (Å²) in [6, 6.07) is 6.24. The Morgan fingerprint density at radius 3 is 2.95 bits per heavy atom. The number of benzene rings is 1. The zero-order chi connectivity index (χ0) is 14.8. The quantitative estimate of drug-likeness (QED) is 0.893. The molecule has 1 aliphatic rings. The van der Waals surface area contributed by atoms with Crippen LogP contribution in [0.1, 0.15) is 43.6 Å². The van der Waals surface area contributed by atoms with Crippen molar-refractivity contribution in [2.45, 2.75) is 55.2 Å². The lowest BCUT2D eigenvalue weighted by atomic mass is 10.1. The first-order valence-corrected chi connectivity index (χ1v) is 8.91. The maximum absolute atomic E-state index is 6.10. The Morgan fingerprint density at radius 1 is 1.29 bits per heavy atom. The van der Waals surface area contributed by atoms with Crippen molar-refractivity contribution in [3.8, 4) is 0 Å². The molecule has 0 saturated heterocycles. The van der Waals surface area contributed by atoms with Gasteiger partial charge in [0.15, 0.2) is 5.16 Å². The van der Waals surface area contributed by atoms with Crippen molar-refractivity contribution in [2.24, 2.45) is 5.73 Å². The van der Waals surface area contributed by atoms with Crippen molar-refractivity contribution in [3.63, 3.8) is 0 Å². The van der Waals surface area contributed by atoms with Crippen LogP contribution in [0, 0.1) is 0 Å². The van der Waals surface area contributed by atoms with Gasteiger partial charge in [0.05, 0.1) is 0 Å². The largest absolute Gasteiger partial charge is 0.324 e. The first-order chi connectivity index (χ1) is 10.1. The van der Waals surface area contributed by atoms with Gasteiger partial charge in [-0.15, -0.1) is 10.2 Å². The van der Waals surface area contributed by atoms with Crippen molar-refractivity contribution >= 4 is 27.7 Å². The topological polar surface area (TPSA) is 56.7 Å². The number of hydrogen-bond donors (Lipinski definition) is 1. The van der Waals surface area contributed by atoms with Crippen LogP contribution in [0.2, 0.25) is 0 Å². The fourth-order valence-corrected chi connectivity index (χ4v) is 4.06. The summed E-state index contributed by atoms with van der Waals surface area (Å²) in [6.07, 6.45) is 4.73. The summed E-state index contributed by atoms with van der Waals surface area (Å²) >= 11 is 5.19. The van der Waals surface area contributed by atoms with Gasteiger partial charge < -0.3 is 10.3 Å². The third-order valence-electron chi connectivity index (χ3n) is 3.74. The lowest BCUT2D eigenvalue weighted by Crippen LogP contribution is -2.07. The molecular weight excluding hydrogens is 348 g/mol. The first kappa shape index (κ1) is 15.1. The monoisotopic (exact) mass is 366 g/mol. The molecule has 0 bridgehead atoms. The molecule has 0 fully saturated rings. The van der Waals surface area contributed by atoms with Crippen LogP contribution in [0.25, 0.3) is 0 Å². The van der Waals surface area contributed by atoms with Crippen molar-refractivity contribution in [1.29, 1.82) is 0 Å². The van der Waals surface area contributed by atoms with E-state index in [4.69, 9.17) is 5.73 Å². The molecule has 0 radical (unpaired) electrons. The van der Waals surface area contributed by atoms with Gasteiger partial charge in [0.2, 0.25) is 0 Å². The van der Waals surface area contributed by atoms with Crippen molar-refractivity contribution < 1.29 is 0 Å². The zero-order valence-corrected chi connectivity index (χ0v) is 14.5. The molecule has 1 aliphatic heterocycles. The Bertz CT molecular complexity index is 639. The second-order valence-corrected chi connectivity index (χ2v) is 7.36. The number of halogens is 1. The second-order valence-electron chi connectivity index (χ2n) is 5.43. The lowest BCUT2D eigenvalue weighted by Gasteiger charge is -2.13. The first-order valence-electron chi connectivity index (χ1n) is 7.30. The molecule has 2 heterocycles. The van der Waals surface area contributed by atoms with Gasteiger partial charge in [0.25, 0.3) is 0 Å². The van der Waals surface area contributed by atoms with E-state index in [-0.39, 0.29) is 6.04 Å². The molecule has 1 aromatic heterocycles. The normalized spacial score (nSPS) is 16.3. The van der Waals surface area contributed by atoms with Gasteiger partial charge in [-0.2, -0.15) is 0 Å². The molecule has 0 amide bonds. The standard InChI is InChI=1S/C15H19BrN4S/c1-10(17)12-9-11(16)6-7-13(12)21-15-19-18-14-5-3-2-4-8-20(14)15/h6-7,9-10H,2-5,8,17H2,1H3. The van der Waals surface area contributed by atoms with E-state index in [9.17, 15) is 0 Å². The van der Waals surface area contributed by atoms with Crippen LogP contribution >= 0.6 is 27.7 Å². The van der Waals surface area contributed by atoms with Crippen LogP contribution in [0.3, 0.4) is 0 Å². The molecule has 2 aromatic rings. The number of aromatic nitrogens is 3. The SMILES string of the molecule is CC(N)c1cc(Br)ccc1Sc1nnc2n1CCCCC2. The molecule has 0 spiro atoms. The minimum Gasteiger partial charge on any atom is -0.324 e. The van der Waals surface area contributed by atoms with Gasteiger partial charge >= 0.3 is 0 Å². The summed E-state index contributed by atoms with van der Waals surface area (Å²) in [4.78, 5) is 1.16. The van der Waals surface area contributed by atoms with Gasteiger partial charge in [-0.1, -0.05) is 22.4 Å². The van der Waals surface area contributed by atoms with Gasteiger partial charge in [-0.05, 0) is 55.3 Å². The van der Waals surface area contributed by atoms with E-state index in [1.165, 1.54) is 19.3 Å². The van der Waals surface area contributed by atoms with Crippen LogP contribution in [-0.2, 0) is 13.0 Å². The average molecular weight is 367 g/mol. The molecule has 0 saturated carbocycles. The highest BCUT2D eigenvalue weighted by molar-refractivity contribution is 9.10. The predicted molar refractivity (Wildman–Crippen MR) is 88.4 cm³/mol. The summed E-state index contributed by atoms with van der Waals surface area (Å²) in [6.45, 7) is 3.03. The van der Waals surface area contributed by atoms with E-state index in [0.717, 1.165) is 38.9 Å². The summed E-state index contributed by atoms with van der Waals surface area (Å²) < 4.78 is 3.32. The van der Waals surface area contributed by atoms with Gasteiger partial charge in [0, 0.05) is 28.4 Å². The van der Waals surface area contributed by atoms with E-state index >= 15 is 0 Å². The highest BCUT2D eigenvalue weighted by Crippen LogP contribution is 2.34. The summed E-state index contributed by atoms with van der Waals surface area (Å²) in [5.74, 6) is 1.12. The van der Waals surface area contributed by atoms with Crippen molar-refractivity contribution in [2.75, 3.05) is 0 Å². The number of nitrogens with two attached hydrogens (primary N) is 1. The Hall–Kier alpha value is -0.850. The van der Waals surface area contributed by atoms with Crippen LogP contribution in [0.5, 0.6) is 0 Å². The molecule has 2 N–H and O–H groups in total. The number of rotatable bonds is 3. The fraction of sp³-hybridized carbons (Fsp3) is 0.467. The Morgan fingerprint density at radius 2 is 2.14 bits per heavy atom. The maximum atomic E-state index is 6.10. The van der Waals surface area contributed by atoms with Crippen LogP contribution in [-0.4, -0.2) is 14.8 Å². The molecule has 3 rings (SSSR count). The molecule has 21 heavy (non-hydrogen) atoms. The van der Waals surface area contributed by atoms with Crippen molar-refractivity contribution in [3.05, 3.63) is 34.1 Å². The highest BCUT2D eigenvalue weighted by atomic mass is 79.9. The summed E-state index contributed by atoms with van der Waals surface area (Å²) in [5.41, 5.74) is 7.24. The molecule has 1 unspecified atom stereocenters. The van der Waals surface area contributed by atoms with Gasteiger partial charge in [0.1, 0.15) is 5.82 Å². The smallest absolute Gasteiger partial charge is 0.196 e. The third kappa shape index (κ3) is 3.33. The molecular formula is C15H19BrN4S. The molecule has 4 nitrogen and oxygen atoms in total. The third-order valence-corrected chi connectivity index (χ3v) is 5.31. The molecule has 112 valence electrons. The minimum absolute atomic E-state index is 0.00322. The van der Waals surface area contributed by atoms with E-state index in [1.54, 1.807) is 11.8 Å². The second kappa shape index (κ2) is 6.50. The predicted octanol–water partition coefficient (Wildman–Crippen LogP) is 3.94. The summed E-state index contributed by atoms with van der Waals surface area (Å²) in [5, 5.41) is 9.72. The Labute approximate surface area is 137 Å². The Balaban J connectivity index is 1.92. The van der Waals surface area contributed by atoms with Gasteiger partial charge in [-0.3, -0.25) is 0 Å². The van der Waals surface area contributed by atoms with E-state index in [2.05, 4.69) is 42.8 Å². The van der Waals surface area contributed by atoms with Crippen molar-refractivity contribution in [1.82, 2.24) is 14.8 Å². The Kier molecular flexibility index (Phi) is 4.66. The number of aryl methyl sites for hydroxylation is 1. The molecule has 0 aliphatic carbocycles. The zero-order valence-electron chi connectivity index (χ0n) is 12.1. The maximum Gasteiger partial charge on any atom is 0.196 e. The molecule has 6 heteroatoms. The molecule has 1 aromatic carbocycles. The molecule has 1 atom stereocenters. The van der Waals surface area contributed by atoms with E-state index in [0.29, 0.717) is 0 Å². The van der Waals surface area contributed by atoms with E-state index in [1.807, 2.05) is 13.0 Å². The number of fused-ring (bicyclic) bond motifs is 1. The van der Waals surface area contributed by atoms with E-state index < -0.39 is 0 Å². The van der Waals surface area contributed by atoms with Crippen LogP contribution in [0.15, 0.2) is 32.7 Å².